The number of halogens is 1. The number of hydrogen-bond donors (Lipinski definition) is 2. The van der Waals surface area contributed by atoms with Crippen LogP contribution in [0.25, 0.3) is 0 Å². The Labute approximate surface area is 102 Å². The summed E-state index contributed by atoms with van der Waals surface area (Å²) < 4.78 is 13.0. The van der Waals surface area contributed by atoms with Crippen LogP contribution in [-0.2, 0) is 6.54 Å². The zero-order valence-electron chi connectivity index (χ0n) is 9.30. The maximum atomic E-state index is 13.0. The van der Waals surface area contributed by atoms with Crippen LogP contribution in [0.5, 0.6) is 0 Å². The van der Waals surface area contributed by atoms with Crippen molar-refractivity contribution in [1.29, 1.82) is 0 Å². The Bertz CT molecular complexity index is 561. The molecule has 0 unspecified atom stereocenters. The number of anilines is 1. The molecular formula is C11H10FN5O. The Kier molecular flexibility index (Phi) is 3.42. The Morgan fingerprint density at radius 1 is 1.44 bits per heavy atom. The molecule has 3 N–H and O–H groups in total. The highest BCUT2D eigenvalue weighted by atomic mass is 19.1. The number of nitrogens with one attached hydrogen (secondary N) is 1. The molecule has 92 valence electrons. The number of amides is 1. The van der Waals surface area contributed by atoms with E-state index < -0.39 is 11.7 Å². The third-order valence-electron chi connectivity index (χ3n) is 2.20. The van der Waals surface area contributed by atoms with Crippen molar-refractivity contribution in [3.05, 3.63) is 47.9 Å². The van der Waals surface area contributed by atoms with Crippen LogP contribution in [-0.4, -0.2) is 20.9 Å². The maximum Gasteiger partial charge on any atom is 0.255 e. The predicted molar refractivity (Wildman–Crippen MR) is 61.8 cm³/mol. The molecule has 0 spiro atoms. The molecule has 6 nitrogen and oxygen atoms in total. The lowest BCUT2D eigenvalue weighted by Crippen LogP contribution is -2.24. The lowest BCUT2D eigenvalue weighted by Gasteiger charge is -2.06. The standard InChI is InChI=1S/C11H10FN5O/c12-7-3-9(10(13)15-4-7)11(18)16-5-8-1-2-14-6-17-8/h1-4,6H,5H2,(H2,13,15)(H,16,18). The van der Waals surface area contributed by atoms with Gasteiger partial charge in [-0.3, -0.25) is 4.79 Å². The first-order chi connectivity index (χ1) is 8.66. The van der Waals surface area contributed by atoms with Crippen molar-refractivity contribution in [2.75, 3.05) is 5.73 Å². The van der Waals surface area contributed by atoms with Crippen LogP contribution in [0, 0.1) is 5.82 Å². The molecule has 2 aromatic heterocycles. The number of rotatable bonds is 3. The van der Waals surface area contributed by atoms with E-state index in [0.717, 1.165) is 12.3 Å². The lowest BCUT2D eigenvalue weighted by atomic mass is 10.2. The van der Waals surface area contributed by atoms with Gasteiger partial charge in [0.15, 0.2) is 0 Å². The van der Waals surface area contributed by atoms with Crippen LogP contribution in [0.4, 0.5) is 10.2 Å². The molecule has 0 atom stereocenters. The summed E-state index contributed by atoms with van der Waals surface area (Å²) in [6.45, 7) is 0.206. The van der Waals surface area contributed by atoms with E-state index in [4.69, 9.17) is 5.73 Å². The van der Waals surface area contributed by atoms with Crippen LogP contribution in [0.15, 0.2) is 30.9 Å². The van der Waals surface area contributed by atoms with Gasteiger partial charge in [-0.15, -0.1) is 0 Å². The number of hydrogen-bond acceptors (Lipinski definition) is 5. The molecule has 7 heteroatoms. The Hall–Kier alpha value is -2.57. The number of nitrogen functional groups attached to an aromatic ring is 1. The summed E-state index contributed by atoms with van der Waals surface area (Å²) in [6, 6.07) is 2.70. The van der Waals surface area contributed by atoms with E-state index in [2.05, 4.69) is 20.3 Å². The van der Waals surface area contributed by atoms with E-state index in [1.165, 1.54) is 6.33 Å². The summed E-state index contributed by atoms with van der Waals surface area (Å²) in [7, 11) is 0. The fourth-order valence-corrected chi connectivity index (χ4v) is 1.32. The third kappa shape index (κ3) is 2.76. The van der Waals surface area contributed by atoms with E-state index in [9.17, 15) is 9.18 Å². The summed E-state index contributed by atoms with van der Waals surface area (Å²) in [5.41, 5.74) is 6.14. The first-order valence-corrected chi connectivity index (χ1v) is 5.11. The van der Waals surface area contributed by atoms with Gasteiger partial charge in [0.05, 0.1) is 24.0 Å². The molecule has 0 fully saturated rings. The fourth-order valence-electron chi connectivity index (χ4n) is 1.32. The van der Waals surface area contributed by atoms with E-state index in [1.54, 1.807) is 12.3 Å². The molecular weight excluding hydrogens is 237 g/mol. The summed E-state index contributed by atoms with van der Waals surface area (Å²) in [5.74, 6) is -1.13. The number of carbonyl (C=O) groups excluding carboxylic acids is 1. The molecule has 2 heterocycles. The van der Waals surface area contributed by atoms with Crippen LogP contribution >= 0.6 is 0 Å². The molecule has 2 aromatic rings. The Morgan fingerprint density at radius 3 is 3.00 bits per heavy atom. The fraction of sp³-hybridized carbons (Fsp3) is 0.0909. The second-order valence-electron chi connectivity index (χ2n) is 3.47. The van der Waals surface area contributed by atoms with E-state index in [-0.39, 0.29) is 17.9 Å². The highest BCUT2D eigenvalue weighted by Gasteiger charge is 2.11. The summed E-state index contributed by atoms with van der Waals surface area (Å²) in [6.07, 6.45) is 3.89. The number of pyridine rings is 1. The number of carbonyl (C=O) groups is 1. The molecule has 0 bridgehead atoms. The van der Waals surface area contributed by atoms with Crippen LogP contribution in [0.3, 0.4) is 0 Å². The zero-order valence-corrected chi connectivity index (χ0v) is 9.30. The number of nitrogens with zero attached hydrogens (tertiary/aromatic N) is 3. The van der Waals surface area contributed by atoms with Gasteiger partial charge in [-0.05, 0) is 12.1 Å². The number of nitrogens with two attached hydrogens (primary N) is 1. The summed E-state index contributed by atoms with van der Waals surface area (Å²) >= 11 is 0. The second-order valence-corrected chi connectivity index (χ2v) is 3.47. The van der Waals surface area contributed by atoms with Crippen molar-refractivity contribution in [2.24, 2.45) is 0 Å². The molecule has 2 rings (SSSR count). The molecule has 0 aromatic carbocycles. The van der Waals surface area contributed by atoms with E-state index >= 15 is 0 Å². The van der Waals surface area contributed by atoms with E-state index in [1.807, 2.05) is 0 Å². The predicted octanol–water partition coefficient (Wildman–Crippen LogP) is 0.523. The number of aromatic nitrogens is 3. The molecule has 0 aliphatic heterocycles. The highest BCUT2D eigenvalue weighted by Crippen LogP contribution is 2.09. The smallest absolute Gasteiger partial charge is 0.255 e. The topological polar surface area (TPSA) is 93.8 Å². The van der Waals surface area contributed by atoms with Gasteiger partial charge < -0.3 is 11.1 Å². The highest BCUT2D eigenvalue weighted by molar-refractivity contribution is 5.98. The minimum atomic E-state index is -0.614. The normalized spacial score (nSPS) is 10.1. The van der Waals surface area contributed by atoms with Crippen LogP contribution in [0.2, 0.25) is 0 Å². The van der Waals surface area contributed by atoms with Crippen molar-refractivity contribution >= 4 is 11.7 Å². The van der Waals surface area contributed by atoms with Crippen LogP contribution in [0.1, 0.15) is 16.1 Å². The molecule has 0 aliphatic rings. The first-order valence-electron chi connectivity index (χ1n) is 5.11. The van der Waals surface area contributed by atoms with Gasteiger partial charge in [-0.25, -0.2) is 19.3 Å². The second kappa shape index (κ2) is 5.17. The molecule has 0 radical (unpaired) electrons. The van der Waals surface area contributed by atoms with Crippen molar-refractivity contribution in [2.45, 2.75) is 6.54 Å². The van der Waals surface area contributed by atoms with Crippen molar-refractivity contribution in [3.8, 4) is 0 Å². The first kappa shape index (κ1) is 11.9. The van der Waals surface area contributed by atoms with Crippen molar-refractivity contribution in [1.82, 2.24) is 20.3 Å². The van der Waals surface area contributed by atoms with Gasteiger partial charge in [0.2, 0.25) is 0 Å². The van der Waals surface area contributed by atoms with Crippen molar-refractivity contribution < 1.29 is 9.18 Å². The Balaban J connectivity index is 2.06. The zero-order chi connectivity index (χ0) is 13.0. The SMILES string of the molecule is Nc1ncc(F)cc1C(=O)NCc1ccncn1. The molecule has 18 heavy (non-hydrogen) atoms. The average Bonchev–Trinajstić information content (AvgIpc) is 2.40. The van der Waals surface area contributed by atoms with Crippen LogP contribution < -0.4 is 11.1 Å². The Morgan fingerprint density at radius 2 is 2.28 bits per heavy atom. The van der Waals surface area contributed by atoms with Gasteiger partial charge >= 0.3 is 0 Å². The molecule has 0 aliphatic carbocycles. The third-order valence-corrected chi connectivity index (χ3v) is 2.20. The van der Waals surface area contributed by atoms with E-state index in [0.29, 0.717) is 5.69 Å². The largest absolute Gasteiger partial charge is 0.383 e. The van der Waals surface area contributed by atoms with Gasteiger partial charge in [-0.2, -0.15) is 0 Å². The summed E-state index contributed by atoms with van der Waals surface area (Å²) in [5, 5.41) is 2.57. The molecule has 0 saturated carbocycles. The lowest BCUT2D eigenvalue weighted by molar-refractivity contribution is 0.0950. The molecule has 0 saturated heterocycles. The summed E-state index contributed by atoms with van der Waals surface area (Å²) in [4.78, 5) is 23.0. The minimum Gasteiger partial charge on any atom is -0.383 e. The van der Waals surface area contributed by atoms with Gasteiger partial charge in [0, 0.05) is 6.20 Å². The monoisotopic (exact) mass is 247 g/mol. The average molecular weight is 247 g/mol. The molecule has 1 amide bonds. The van der Waals surface area contributed by atoms with Crippen molar-refractivity contribution in [3.63, 3.8) is 0 Å². The van der Waals surface area contributed by atoms with Gasteiger partial charge in [0.1, 0.15) is 18.0 Å². The maximum absolute atomic E-state index is 13.0. The van der Waals surface area contributed by atoms with Gasteiger partial charge in [0.25, 0.3) is 5.91 Å². The van der Waals surface area contributed by atoms with Gasteiger partial charge in [-0.1, -0.05) is 0 Å². The minimum absolute atomic E-state index is 0.00376. The quantitative estimate of drug-likeness (QED) is 0.824.